The average molecular weight is 298 g/mol. The lowest BCUT2D eigenvalue weighted by Gasteiger charge is -2.00. The molecule has 0 saturated heterocycles. The number of aromatic amines is 1. The van der Waals surface area contributed by atoms with Gasteiger partial charge in [-0.15, -0.1) is 0 Å². The summed E-state index contributed by atoms with van der Waals surface area (Å²) < 4.78 is 25.9. The van der Waals surface area contributed by atoms with E-state index in [4.69, 9.17) is 11.6 Å². The van der Waals surface area contributed by atoms with Gasteiger partial charge in [0.15, 0.2) is 0 Å². The number of nitrogens with one attached hydrogen (secondary N) is 2. The summed E-state index contributed by atoms with van der Waals surface area (Å²) in [6.45, 7) is 0.198. The lowest BCUT2D eigenvalue weighted by Crippen LogP contribution is -2.20. The second-order valence-electron chi connectivity index (χ2n) is 3.83. The van der Waals surface area contributed by atoms with Gasteiger partial charge in [0.2, 0.25) is 10.0 Å². The van der Waals surface area contributed by atoms with Crippen LogP contribution in [0.25, 0.3) is 6.08 Å². The van der Waals surface area contributed by atoms with Crippen LogP contribution in [0.1, 0.15) is 11.1 Å². The van der Waals surface area contributed by atoms with Crippen molar-refractivity contribution in [2.75, 3.05) is 0 Å². The Labute approximate surface area is 116 Å². The maximum Gasteiger partial charge on any atom is 0.234 e. The molecule has 0 aliphatic heterocycles. The molecule has 0 atom stereocenters. The van der Waals surface area contributed by atoms with Crippen LogP contribution in [-0.2, 0) is 16.6 Å². The fourth-order valence-electron chi connectivity index (χ4n) is 1.35. The fraction of sp³-hybridized carbons (Fsp3) is 0.0833. The SMILES string of the molecule is O=S(=O)(/C=C/c1ccc(Cl)cc1)NCc1cn[nH]c1. The van der Waals surface area contributed by atoms with E-state index < -0.39 is 10.0 Å². The highest BCUT2D eigenvalue weighted by Crippen LogP contribution is 2.11. The van der Waals surface area contributed by atoms with Crippen LogP contribution in [0.15, 0.2) is 42.1 Å². The van der Waals surface area contributed by atoms with Crippen LogP contribution < -0.4 is 4.72 Å². The fourth-order valence-corrected chi connectivity index (χ4v) is 2.27. The molecular weight excluding hydrogens is 286 g/mol. The van der Waals surface area contributed by atoms with E-state index in [1.165, 1.54) is 6.08 Å². The van der Waals surface area contributed by atoms with Crippen molar-refractivity contribution in [2.45, 2.75) is 6.54 Å². The first-order valence-electron chi connectivity index (χ1n) is 5.46. The van der Waals surface area contributed by atoms with E-state index in [2.05, 4.69) is 14.9 Å². The van der Waals surface area contributed by atoms with Crippen LogP contribution in [-0.4, -0.2) is 18.6 Å². The van der Waals surface area contributed by atoms with E-state index >= 15 is 0 Å². The molecule has 0 saturated carbocycles. The zero-order valence-corrected chi connectivity index (χ0v) is 11.4. The van der Waals surface area contributed by atoms with Crippen LogP contribution in [0.2, 0.25) is 5.02 Å². The number of hydrogen-bond acceptors (Lipinski definition) is 3. The molecule has 5 nitrogen and oxygen atoms in total. The van der Waals surface area contributed by atoms with Crippen LogP contribution in [0.5, 0.6) is 0 Å². The summed E-state index contributed by atoms with van der Waals surface area (Å²) >= 11 is 5.74. The van der Waals surface area contributed by atoms with Crippen molar-refractivity contribution in [3.8, 4) is 0 Å². The molecular formula is C12H12ClN3O2S. The number of hydrogen-bond donors (Lipinski definition) is 2. The van der Waals surface area contributed by atoms with Crippen molar-refractivity contribution in [3.63, 3.8) is 0 Å². The van der Waals surface area contributed by atoms with Gasteiger partial charge in [-0.25, -0.2) is 13.1 Å². The van der Waals surface area contributed by atoms with Gasteiger partial charge in [-0.1, -0.05) is 23.7 Å². The Balaban J connectivity index is 1.98. The van der Waals surface area contributed by atoms with Gasteiger partial charge >= 0.3 is 0 Å². The largest absolute Gasteiger partial charge is 0.285 e. The minimum Gasteiger partial charge on any atom is -0.285 e. The van der Waals surface area contributed by atoms with E-state index in [0.717, 1.165) is 16.5 Å². The van der Waals surface area contributed by atoms with Crippen LogP contribution >= 0.6 is 11.6 Å². The van der Waals surface area contributed by atoms with Crippen molar-refractivity contribution in [1.82, 2.24) is 14.9 Å². The third-order valence-corrected chi connectivity index (χ3v) is 3.64. The molecule has 0 aliphatic carbocycles. The van der Waals surface area contributed by atoms with E-state index in [1.807, 2.05) is 0 Å². The van der Waals surface area contributed by atoms with Gasteiger partial charge in [0.05, 0.1) is 6.20 Å². The molecule has 0 amide bonds. The minimum absolute atomic E-state index is 0.198. The molecule has 1 aromatic carbocycles. The molecule has 0 spiro atoms. The van der Waals surface area contributed by atoms with Gasteiger partial charge < -0.3 is 0 Å². The van der Waals surface area contributed by atoms with Crippen molar-refractivity contribution in [1.29, 1.82) is 0 Å². The molecule has 0 aliphatic rings. The molecule has 1 heterocycles. The smallest absolute Gasteiger partial charge is 0.234 e. The molecule has 0 unspecified atom stereocenters. The molecule has 2 N–H and O–H groups in total. The molecule has 19 heavy (non-hydrogen) atoms. The molecule has 7 heteroatoms. The monoisotopic (exact) mass is 297 g/mol. The minimum atomic E-state index is -3.47. The lowest BCUT2D eigenvalue weighted by atomic mass is 10.2. The maximum atomic E-state index is 11.7. The summed E-state index contributed by atoms with van der Waals surface area (Å²) in [5.74, 6) is 0. The zero-order chi connectivity index (χ0) is 13.7. The third-order valence-electron chi connectivity index (χ3n) is 2.34. The predicted octanol–water partition coefficient (Wildman–Crippen LogP) is 2.15. The number of sulfonamides is 1. The molecule has 0 fully saturated rings. The van der Waals surface area contributed by atoms with Crippen LogP contribution in [0.4, 0.5) is 0 Å². The van der Waals surface area contributed by atoms with E-state index in [0.29, 0.717) is 5.02 Å². The predicted molar refractivity (Wildman–Crippen MR) is 74.8 cm³/mol. The summed E-state index contributed by atoms with van der Waals surface area (Å²) in [6.07, 6.45) is 4.70. The van der Waals surface area contributed by atoms with Crippen LogP contribution in [0.3, 0.4) is 0 Å². The second-order valence-corrected chi connectivity index (χ2v) is 5.91. The van der Waals surface area contributed by atoms with Crippen molar-refractivity contribution in [2.24, 2.45) is 0 Å². The van der Waals surface area contributed by atoms with Crippen molar-refractivity contribution >= 4 is 27.7 Å². The Kier molecular flexibility index (Phi) is 4.36. The van der Waals surface area contributed by atoms with E-state index in [-0.39, 0.29) is 6.54 Å². The molecule has 0 bridgehead atoms. The summed E-state index contributed by atoms with van der Waals surface area (Å²) in [7, 11) is -3.47. The number of rotatable bonds is 5. The summed E-state index contributed by atoms with van der Waals surface area (Å²) in [5, 5.41) is 8.08. The van der Waals surface area contributed by atoms with Gasteiger partial charge in [0.25, 0.3) is 0 Å². The molecule has 2 rings (SSSR count). The summed E-state index contributed by atoms with van der Waals surface area (Å²) in [4.78, 5) is 0. The second kappa shape index (κ2) is 6.01. The molecule has 2 aromatic rings. The number of halogens is 1. The van der Waals surface area contributed by atoms with E-state index in [9.17, 15) is 8.42 Å². The Hall–Kier alpha value is -1.63. The first-order chi connectivity index (χ1) is 9.05. The third kappa shape index (κ3) is 4.51. The van der Waals surface area contributed by atoms with Crippen molar-refractivity contribution < 1.29 is 8.42 Å². The number of benzene rings is 1. The summed E-state index contributed by atoms with van der Waals surface area (Å²) in [6, 6.07) is 6.88. The Morgan fingerprint density at radius 3 is 2.68 bits per heavy atom. The Morgan fingerprint density at radius 1 is 1.32 bits per heavy atom. The van der Waals surface area contributed by atoms with Crippen LogP contribution in [0, 0.1) is 0 Å². The quantitative estimate of drug-likeness (QED) is 0.888. The standard InChI is InChI=1S/C12H12ClN3O2S/c13-12-3-1-10(2-4-12)5-6-19(17,18)16-9-11-7-14-15-8-11/h1-8,16H,9H2,(H,14,15)/b6-5+. The van der Waals surface area contributed by atoms with Gasteiger partial charge in [0.1, 0.15) is 0 Å². The van der Waals surface area contributed by atoms with Gasteiger partial charge in [-0.3, -0.25) is 5.10 Å². The van der Waals surface area contributed by atoms with E-state index in [1.54, 1.807) is 36.7 Å². The highest BCUT2D eigenvalue weighted by Gasteiger charge is 2.05. The molecule has 0 radical (unpaired) electrons. The number of H-pyrrole nitrogens is 1. The average Bonchev–Trinajstić information content (AvgIpc) is 2.89. The topological polar surface area (TPSA) is 74.8 Å². The van der Waals surface area contributed by atoms with Gasteiger partial charge in [-0.2, -0.15) is 5.10 Å². The van der Waals surface area contributed by atoms with Crippen molar-refractivity contribution in [3.05, 3.63) is 58.2 Å². The number of aromatic nitrogens is 2. The van der Waals surface area contributed by atoms with Gasteiger partial charge in [-0.05, 0) is 23.8 Å². The Morgan fingerprint density at radius 2 is 2.05 bits per heavy atom. The molecule has 100 valence electrons. The summed E-state index contributed by atoms with van der Waals surface area (Å²) in [5.41, 5.74) is 1.53. The lowest BCUT2D eigenvalue weighted by molar-refractivity contribution is 0.591. The molecule has 1 aromatic heterocycles. The highest BCUT2D eigenvalue weighted by molar-refractivity contribution is 7.92. The Bertz CT molecular complexity index is 649. The highest BCUT2D eigenvalue weighted by atomic mass is 35.5. The zero-order valence-electron chi connectivity index (χ0n) is 9.88. The van der Waals surface area contributed by atoms with Gasteiger partial charge in [0, 0.05) is 28.7 Å². The normalized spacial score (nSPS) is 12.1. The maximum absolute atomic E-state index is 11.7. The first kappa shape index (κ1) is 13.8. The number of nitrogens with zero attached hydrogens (tertiary/aromatic N) is 1. The first-order valence-corrected chi connectivity index (χ1v) is 7.38.